The highest BCUT2D eigenvalue weighted by Gasteiger charge is 2.36. The third kappa shape index (κ3) is 3.36. The quantitative estimate of drug-likeness (QED) is 0.829. The van der Waals surface area contributed by atoms with Crippen LogP contribution < -0.4 is 14.4 Å². The lowest BCUT2D eigenvalue weighted by molar-refractivity contribution is -0.139. The molecule has 0 aliphatic carbocycles. The molecule has 2 aromatic rings. The van der Waals surface area contributed by atoms with Gasteiger partial charge in [0.1, 0.15) is 11.8 Å². The zero-order valence-electron chi connectivity index (χ0n) is 14.1. The van der Waals surface area contributed by atoms with E-state index in [2.05, 4.69) is 0 Å². The van der Waals surface area contributed by atoms with Crippen LogP contribution in [-0.2, 0) is 9.59 Å². The Morgan fingerprint density at radius 2 is 2.08 bits per heavy atom. The number of fused-ring (bicyclic) bond motifs is 1. The first-order valence-electron chi connectivity index (χ1n) is 7.80. The molecule has 2 aromatic carbocycles. The molecule has 1 aliphatic rings. The maximum Gasteiger partial charge on any atom is 0.326 e. The minimum atomic E-state index is -1.13. The van der Waals surface area contributed by atoms with Crippen LogP contribution in [0.4, 0.5) is 5.69 Å². The molecule has 0 saturated heterocycles. The minimum absolute atomic E-state index is 0.0150. The van der Waals surface area contributed by atoms with Crippen molar-refractivity contribution in [2.45, 2.75) is 13.0 Å². The van der Waals surface area contributed by atoms with Crippen molar-refractivity contribution in [1.82, 2.24) is 0 Å². The predicted molar refractivity (Wildman–Crippen MR) is 97.6 cm³/mol. The smallest absolute Gasteiger partial charge is 0.326 e. The minimum Gasteiger partial charge on any atom is -0.497 e. The van der Waals surface area contributed by atoms with Crippen molar-refractivity contribution < 1.29 is 24.2 Å². The number of benzene rings is 2. The summed E-state index contributed by atoms with van der Waals surface area (Å²) in [6.45, 7) is 1.43. The molecule has 1 aliphatic heterocycles. The van der Waals surface area contributed by atoms with Gasteiger partial charge >= 0.3 is 5.97 Å². The standard InChI is InChI=1S/C19H16ClNO5/c1-11(19(23)24)21-15-10-13(20)6-7-16(15)26-17(18(21)22)9-12-4-3-5-14(8-12)25-2/h3-11H,1-2H3,(H,23,24)/b17-9+. The fraction of sp³-hybridized carbons (Fsp3) is 0.158. The lowest BCUT2D eigenvalue weighted by atomic mass is 10.1. The van der Waals surface area contributed by atoms with Crippen LogP contribution >= 0.6 is 11.6 Å². The zero-order chi connectivity index (χ0) is 18.8. The van der Waals surface area contributed by atoms with Crippen molar-refractivity contribution >= 4 is 35.2 Å². The van der Waals surface area contributed by atoms with Gasteiger partial charge in [-0.2, -0.15) is 0 Å². The van der Waals surface area contributed by atoms with E-state index in [-0.39, 0.29) is 5.76 Å². The summed E-state index contributed by atoms with van der Waals surface area (Å²) in [6, 6.07) is 10.7. The second-order valence-electron chi connectivity index (χ2n) is 5.69. The number of carbonyl (C=O) groups is 2. The summed E-state index contributed by atoms with van der Waals surface area (Å²) in [4.78, 5) is 25.5. The van der Waals surface area contributed by atoms with E-state index < -0.39 is 17.9 Å². The Morgan fingerprint density at radius 3 is 2.77 bits per heavy atom. The van der Waals surface area contributed by atoms with Gasteiger partial charge in [0.15, 0.2) is 11.5 Å². The molecule has 1 amide bonds. The number of amides is 1. The highest BCUT2D eigenvalue weighted by atomic mass is 35.5. The van der Waals surface area contributed by atoms with Gasteiger partial charge < -0.3 is 14.6 Å². The van der Waals surface area contributed by atoms with Gasteiger partial charge in [0.25, 0.3) is 5.91 Å². The Kier molecular flexibility index (Phi) is 4.86. The SMILES string of the molecule is COc1cccc(/C=C2/Oc3ccc(Cl)cc3N(C(C)C(=O)O)C2=O)c1. The summed E-state index contributed by atoms with van der Waals surface area (Å²) in [5, 5.41) is 9.77. The molecule has 26 heavy (non-hydrogen) atoms. The van der Waals surface area contributed by atoms with Gasteiger partial charge in [0, 0.05) is 5.02 Å². The average molecular weight is 374 g/mol. The summed E-state index contributed by atoms with van der Waals surface area (Å²) < 4.78 is 10.9. The molecule has 0 aromatic heterocycles. The third-order valence-electron chi connectivity index (χ3n) is 3.97. The molecule has 1 N–H and O–H groups in total. The van der Waals surface area contributed by atoms with Gasteiger partial charge in [-0.1, -0.05) is 23.7 Å². The van der Waals surface area contributed by atoms with E-state index in [9.17, 15) is 14.7 Å². The maximum absolute atomic E-state index is 12.9. The van der Waals surface area contributed by atoms with Crippen LogP contribution in [-0.4, -0.2) is 30.1 Å². The van der Waals surface area contributed by atoms with Crippen molar-refractivity contribution in [3.05, 3.63) is 58.8 Å². The number of halogens is 1. The number of aliphatic carboxylic acids is 1. The molecule has 1 unspecified atom stereocenters. The van der Waals surface area contributed by atoms with Gasteiger partial charge in [-0.3, -0.25) is 9.69 Å². The van der Waals surface area contributed by atoms with Gasteiger partial charge in [0.05, 0.1) is 12.8 Å². The number of hydrogen-bond donors (Lipinski definition) is 1. The number of methoxy groups -OCH3 is 1. The number of rotatable bonds is 4. The molecule has 0 bridgehead atoms. The Bertz CT molecular complexity index is 909. The van der Waals surface area contributed by atoms with Crippen molar-refractivity contribution in [1.29, 1.82) is 0 Å². The molecular formula is C19H16ClNO5. The average Bonchev–Trinajstić information content (AvgIpc) is 2.62. The van der Waals surface area contributed by atoms with Crippen LogP contribution in [0.5, 0.6) is 11.5 Å². The second-order valence-corrected chi connectivity index (χ2v) is 6.13. The van der Waals surface area contributed by atoms with E-state index in [1.165, 1.54) is 17.9 Å². The third-order valence-corrected chi connectivity index (χ3v) is 4.20. The molecule has 1 atom stereocenters. The molecular weight excluding hydrogens is 358 g/mol. The zero-order valence-corrected chi connectivity index (χ0v) is 14.9. The first kappa shape index (κ1) is 17.8. The first-order chi connectivity index (χ1) is 12.4. The van der Waals surface area contributed by atoms with Crippen LogP contribution in [0.1, 0.15) is 12.5 Å². The molecule has 7 heteroatoms. The van der Waals surface area contributed by atoms with Crippen molar-refractivity contribution in [2.75, 3.05) is 12.0 Å². The van der Waals surface area contributed by atoms with Crippen molar-refractivity contribution in [3.8, 4) is 11.5 Å². The summed E-state index contributed by atoms with van der Waals surface area (Å²) in [5.74, 6) is -0.688. The van der Waals surface area contributed by atoms with Gasteiger partial charge in [-0.25, -0.2) is 4.79 Å². The number of carboxylic acid groups (broad SMARTS) is 1. The predicted octanol–water partition coefficient (Wildman–Crippen LogP) is 3.59. The number of ether oxygens (including phenoxy) is 2. The van der Waals surface area contributed by atoms with Gasteiger partial charge in [0.2, 0.25) is 0 Å². The summed E-state index contributed by atoms with van der Waals surface area (Å²) in [7, 11) is 1.55. The van der Waals surface area contributed by atoms with E-state index in [0.717, 1.165) is 0 Å². The number of hydrogen-bond acceptors (Lipinski definition) is 4. The van der Waals surface area contributed by atoms with Crippen LogP contribution in [0.3, 0.4) is 0 Å². The summed E-state index contributed by atoms with van der Waals surface area (Å²) in [6.07, 6.45) is 1.55. The van der Waals surface area contributed by atoms with E-state index >= 15 is 0 Å². The van der Waals surface area contributed by atoms with E-state index in [0.29, 0.717) is 27.8 Å². The highest BCUT2D eigenvalue weighted by Crippen LogP contribution is 2.39. The monoisotopic (exact) mass is 373 g/mol. The van der Waals surface area contributed by atoms with Crippen LogP contribution in [0.15, 0.2) is 48.2 Å². The van der Waals surface area contributed by atoms with E-state index in [1.807, 2.05) is 0 Å². The fourth-order valence-corrected chi connectivity index (χ4v) is 2.79. The number of anilines is 1. The molecule has 1 heterocycles. The van der Waals surface area contributed by atoms with E-state index in [1.54, 1.807) is 49.6 Å². The number of carboxylic acids is 1. The van der Waals surface area contributed by atoms with Gasteiger partial charge in [-0.05, 0) is 48.9 Å². The lowest BCUT2D eigenvalue weighted by Gasteiger charge is -2.33. The Morgan fingerprint density at radius 1 is 1.31 bits per heavy atom. The first-order valence-corrected chi connectivity index (χ1v) is 8.18. The fourth-order valence-electron chi connectivity index (χ4n) is 2.62. The van der Waals surface area contributed by atoms with Gasteiger partial charge in [-0.15, -0.1) is 0 Å². The van der Waals surface area contributed by atoms with Crippen LogP contribution in [0, 0.1) is 0 Å². The molecule has 3 rings (SSSR count). The number of nitrogens with zero attached hydrogens (tertiary/aromatic N) is 1. The Hall–Kier alpha value is -2.99. The largest absolute Gasteiger partial charge is 0.497 e. The van der Waals surface area contributed by atoms with Crippen molar-refractivity contribution in [3.63, 3.8) is 0 Å². The molecule has 0 saturated carbocycles. The molecule has 134 valence electrons. The topological polar surface area (TPSA) is 76.1 Å². The summed E-state index contributed by atoms with van der Waals surface area (Å²) in [5.41, 5.74) is 1.01. The normalized spacial score (nSPS) is 16.0. The molecule has 0 fully saturated rings. The Balaban J connectivity index is 2.09. The van der Waals surface area contributed by atoms with E-state index in [4.69, 9.17) is 21.1 Å². The molecule has 0 radical (unpaired) electrons. The number of carbonyl (C=O) groups excluding carboxylic acids is 1. The maximum atomic E-state index is 12.9. The molecule has 6 nitrogen and oxygen atoms in total. The second kappa shape index (κ2) is 7.09. The summed E-state index contributed by atoms with van der Waals surface area (Å²) >= 11 is 6.00. The highest BCUT2D eigenvalue weighted by molar-refractivity contribution is 6.31. The lowest BCUT2D eigenvalue weighted by Crippen LogP contribution is -2.47. The van der Waals surface area contributed by atoms with Crippen LogP contribution in [0.2, 0.25) is 5.02 Å². The molecule has 0 spiro atoms. The Labute approximate surface area is 155 Å². The van der Waals surface area contributed by atoms with Crippen LogP contribution in [0.25, 0.3) is 6.08 Å². The van der Waals surface area contributed by atoms with Crippen molar-refractivity contribution in [2.24, 2.45) is 0 Å².